The van der Waals surface area contributed by atoms with Gasteiger partial charge in [0.2, 0.25) is 5.78 Å². The Morgan fingerprint density at radius 2 is 1.96 bits per heavy atom. The van der Waals surface area contributed by atoms with Crippen LogP contribution in [-0.4, -0.2) is 27.9 Å². The maximum Gasteiger partial charge on any atom is 0.310 e. The summed E-state index contributed by atoms with van der Waals surface area (Å²) < 4.78 is 19.9. The lowest BCUT2D eigenvalue weighted by Crippen LogP contribution is -2.16. The fourth-order valence-electron chi connectivity index (χ4n) is 2.71. The maximum atomic E-state index is 12.9. The standard InChI is InChI=1S/C19H17FN2O3S/c1-12-9-16(13(2)22(12)19-21-7-8-26-19)17(23)11-25-18(24)10-14-3-5-15(20)6-4-14/h3-9H,10-11H2,1-2H3. The Kier molecular flexibility index (Phi) is 5.27. The van der Waals surface area contributed by atoms with E-state index in [0.29, 0.717) is 11.1 Å². The quantitative estimate of drug-likeness (QED) is 0.489. The lowest BCUT2D eigenvalue weighted by Gasteiger charge is -2.06. The number of carbonyl (C=O) groups excluding carboxylic acids is 2. The van der Waals surface area contributed by atoms with Crippen LogP contribution in [0.4, 0.5) is 4.39 Å². The van der Waals surface area contributed by atoms with Gasteiger partial charge in [-0.2, -0.15) is 0 Å². The van der Waals surface area contributed by atoms with Gasteiger partial charge < -0.3 is 4.74 Å². The predicted molar refractivity (Wildman–Crippen MR) is 96.3 cm³/mol. The summed E-state index contributed by atoms with van der Waals surface area (Å²) in [7, 11) is 0. The monoisotopic (exact) mass is 372 g/mol. The molecule has 0 atom stereocenters. The highest BCUT2D eigenvalue weighted by molar-refractivity contribution is 7.12. The number of carbonyl (C=O) groups is 2. The molecule has 3 rings (SSSR count). The van der Waals surface area contributed by atoms with E-state index in [1.165, 1.54) is 35.6 Å². The Morgan fingerprint density at radius 1 is 1.23 bits per heavy atom. The Morgan fingerprint density at radius 3 is 2.62 bits per heavy atom. The zero-order valence-corrected chi connectivity index (χ0v) is 15.2. The third-order valence-electron chi connectivity index (χ3n) is 3.97. The van der Waals surface area contributed by atoms with E-state index in [9.17, 15) is 14.0 Å². The number of Topliss-reactive ketones (excluding diaryl/α,β-unsaturated/α-hetero) is 1. The molecule has 2 heterocycles. The molecule has 134 valence electrons. The van der Waals surface area contributed by atoms with Crippen molar-refractivity contribution in [1.29, 1.82) is 0 Å². The summed E-state index contributed by atoms with van der Waals surface area (Å²) in [4.78, 5) is 28.6. The molecule has 2 aromatic heterocycles. The number of aryl methyl sites for hydroxylation is 1. The van der Waals surface area contributed by atoms with Gasteiger partial charge in [-0.1, -0.05) is 12.1 Å². The molecule has 0 radical (unpaired) electrons. The number of aromatic nitrogens is 2. The van der Waals surface area contributed by atoms with Crippen LogP contribution in [0.15, 0.2) is 41.9 Å². The van der Waals surface area contributed by atoms with Crippen molar-refractivity contribution in [1.82, 2.24) is 9.55 Å². The Balaban J connectivity index is 1.64. The molecule has 0 amide bonds. The lowest BCUT2D eigenvalue weighted by atomic mass is 10.1. The zero-order chi connectivity index (χ0) is 18.7. The van der Waals surface area contributed by atoms with E-state index in [1.807, 2.05) is 23.8 Å². The molecule has 0 spiro atoms. The highest BCUT2D eigenvalue weighted by Crippen LogP contribution is 2.22. The minimum Gasteiger partial charge on any atom is -0.457 e. The molecule has 0 bridgehead atoms. The summed E-state index contributed by atoms with van der Waals surface area (Å²) >= 11 is 1.48. The van der Waals surface area contributed by atoms with Crippen LogP contribution in [0.5, 0.6) is 0 Å². The fraction of sp³-hybridized carbons (Fsp3) is 0.211. The van der Waals surface area contributed by atoms with Crippen molar-refractivity contribution in [2.24, 2.45) is 0 Å². The second-order valence-electron chi connectivity index (χ2n) is 5.82. The van der Waals surface area contributed by atoms with Gasteiger partial charge in [0.15, 0.2) is 11.7 Å². The topological polar surface area (TPSA) is 61.2 Å². The second-order valence-corrected chi connectivity index (χ2v) is 6.70. The number of nitrogens with zero attached hydrogens (tertiary/aromatic N) is 2. The first-order chi connectivity index (χ1) is 12.5. The van der Waals surface area contributed by atoms with Gasteiger partial charge in [0, 0.05) is 28.5 Å². The minimum absolute atomic E-state index is 0.00824. The maximum absolute atomic E-state index is 12.9. The second kappa shape index (κ2) is 7.61. The highest BCUT2D eigenvalue weighted by atomic mass is 32.1. The lowest BCUT2D eigenvalue weighted by molar-refractivity contribution is -0.141. The molecule has 0 aliphatic heterocycles. The first-order valence-electron chi connectivity index (χ1n) is 7.98. The molecule has 0 aliphatic rings. The molecule has 26 heavy (non-hydrogen) atoms. The van der Waals surface area contributed by atoms with Crippen molar-refractivity contribution in [2.75, 3.05) is 6.61 Å². The summed E-state index contributed by atoms with van der Waals surface area (Å²) in [6, 6.07) is 7.36. The van der Waals surface area contributed by atoms with Gasteiger partial charge in [0.05, 0.1) is 6.42 Å². The van der Waals surface area contributed by atoms with Gasteiger partial charge in [0.25, 0.3) is 0 Å². The SMILES string of the molecule is Cc1cc(C(=O)COC(=O)Cc2ccc(F)cc2)c(C)n1-c1nccs1. The Hall–Kier alpha value is -2.80. The normalized spacial score (nSPS) is 10.7. The van der Waals surface area contributed by atoms with E-state index >= 15 is 0 Å². The summed E-state index contributed by atoms with van der Waals surface area (Å²) in [5.41, 5.74) is 2.79. The van der Waals surface area contributed by atoms with Crippen LogP contribution < -0.4 is 0 Å². The molecule has 7 heteroatoms. The molecule has 3 aromatic rings. The number of ether oxygens (including phenoxy) is 1. The van der Waals surface area contributed by atoms with E-state index in [-0.39, 0.29) is 24.6 Å². The molecular formula is C19H17FN2O3S. The Bertz CT molecular complexity index is 931. The Labute approximate surface area is 154 Å². The fourth-order valence-corrected chi connectivity index (χ4v) is 3.46. The minimum atomic E-state index is -0.529. The molecule has 5 nitrogen and oxygen atoms in total. The van der Waals surface area contributed by atoms with E-state index < -0.39 is 5.97 Å². The van der Waals surface area contributed by atoms with E-state index in [1.54, 1.807) is 12.3 Å². The van der Waals surface area contributed by atoms with E-state index in [4.69, 9.17) is 4.74 Å². The molecule has 0 saturated heterocycles. The number of halogens is 1. The first kappa shape index (κ1) is 18.0. The number of esters is 1. The van der Waals surface area contributed by atoms with Gasteiger partial charge in [-0.25, -0.2) is 9.37 Å². The first-order valence-corrected chi connectivity index (χ1v) is 8.85. The zero-order valence-electron chi connectivity index (χ0n) is 14.4. The van der Waals surface area contributed by atoms with Gasteiger partial charge in [-0.05, 0) is 37.6 Å². The van der Waals surface area contributed by atoms with Crippen LogP contribution in [0.25, 0.3) is 5.13 Å². The van der Waals surface area contributed by atoms with Crippen molar-refractivity contribution in [3.8, 4) is 5.13 Å². The predicted octanol–water partition coefficient (Wildman–Crippen LogP) is 3.66. The van der Waals surface area contributed by atoms with Gasteiger partial charge >= 0.3 is 5.97 Å². The highest BCUT2D eigenvalue weighted by Gasteiger charge is 2.19. The molecule has 0 fully saturated rings. The van der Waals surface area contributed by atoms with Crippen LogP contribution >= 0.6 is 11.3 Å². The third-order valence-corrected chi connectivity index (χ3v) is 4.72. The smallest absolute Gasteiger partial charge is 0.310 e. The van der Waals surface area contributed by atoms with Crippen LogP contribution in [0.2, 0.25) is 0 Å². The van der Waals surface area contributed by atoms with Gasteiger partial charge in [0.1, 0.15) is 5.82 Å². The van der Waals surface area contributed by atoms with Crippen molar-refractivity contribution >= 4 is 23.1 Å². The van der Waals surface area contributed by atoms with E-state index in [2.05, 4.69) is 4.98 Å². The molecule has 0 N–H and O–H groups in total. The van der Waals surface area contributed by atoms with Gasteiger partial charge in [-0.3, -0.25) is 14.2 Å². The number of thiazole rings is 1. The summed E-state index contributed by atoms with van der Waals surface area (Å²) in [5, 5.41) is 2.65. The van der Waals surface area contributed by atoms with Gasteiger partial charge in [-0.15, -0.1) is 11.3 Å². The van der Waals surface area contributed by atoms with Crippen molar-refractivity contribution in [2.45, 2.75) is 20.3 Å². The summed E-state index contributed by atoms with van der Waals surface area (Å²) in [6.07, 6.45) is 1.70. The van der Waals surface area contributed by atoms with Crippen LogP contribution in [-0.2, 0) is 16.0 Å². The van der Waals surface area contributed by atoms with Crippen molar-refractivity contribution in [3.05, 3.63) is 70.2 Å². The van der Waals surface area contributed by atoms with E-state index in [0.717, 1.165) is 16.5 Å². The van der Waals surface area contributed by atoms with Crippen molar-refractivity contribution < 1.29 is 18.7 Å². The summed E-state index contributed by atoms with van der Waals surface area (Å²) in [5.74, 6) is -1.17. The average molecular weight is 372 g/mol. The number of hydrogen-bond donors (Lipinski definition) is 0. The number of ketones is 1. The number of rotatable bonds is 6. The number of benzene rings is 1. The molecule has 0 aliphatic carbocycles. The molecule has 0 saturated carbocycles. The number of hydrogen-bond acceptors (Lipinski definition) is 5. The van der Waals surface area contributed by atoms with Crippen LogP contribution in [0.1, 0.15) is 27.3 Å². The molecule has 1 aromatic carbocycles. The van der Waals surface area contributed by atoms with Crippen LogP contribution in [0.3, 0.4) is 0 Å². The molecular weight excluding hydrogens is 355 g/mol. The summed E-state index contributed by atoms with van der Waals surface area (Å²) in [6.45, 7) is 3.40. The average Bonchev–Trinajstić information content (AvgIpc) is 3.22. The third kappa shape index (κ3) is 3.88. The van der Waals surface area contributed by atoms with Crippen molar-refractivity contribution in [3.63, 3.8) is 0 Å². The molecule has 0 unspecified atom stereocenters. The van der Waals surface area contributed by atoms with Crippen LogP contribution in [0, 0.1) is 19.7 Å². The largest absolute Gasteiger partial charge is 0.457 e.